The van der Waals surface area contributed by atoms with E-state index in [1.54, 1.807) is 28.4 Å². The van der Waals surface area contributed by atoms with Gasteiger partial charge in [-0.25, -0.2) is 9.97 Å². The normalized spacial score (nSPS) is 19.1. The zero-order valence-electron chi connectivity index (χ0n) is 14.6. The number of aryl methyl sites for hydroxylation is 1. The first-order chi connectivity index (χ1) is 12.2. The maximum absolute atomic E-state index is 12.1. The van der Waals surface area contributed by atoms with Gasteiger partial charge in [-0.1, -0.05) is 0 Å². The Balaban J connectivity index is 1.31. The van der Waals surface area contributed by atoms with E-state index >= 15 is 0 Å². The Kier molecular flexibility index (Phi) is 4.96. The zero-order chi connectivity index (χ0) is 17.2. The lowest BCUT2D eigenvalue weighted by molar-refractivity contribution is 0.112. The summed E-state index contributed by atoms with van der Waals surface area (Å²) in [4.78, 5) is 24.9. The van der Waals surface area contributed by atoms with Gasteiger partial charge in [0.25, 0.3) is 5.56 Å². The lowest BCUT2D eigenvalue weighted by atomic mass is 9.96. The second kappa shape index (κ2) is 7.35. The van der Waals surface area contributed by atoms with Crippen molar-refractivity contribution in [1.82, 2.24) is 19.4 Å². The predicted octanol–water partition coefficient (Wildman–Crippen LogP) is 1.99. The molecule has 4 heterocycles. The fraction of sp³-hybridized carbons (Fsp3) is 0.611. The van der Waals surface area contributed by atoms with Crippen molar-refractivity contribution in [2.24, 2.45) is 5.92 Å². The van der Waals surface area contributed by atoms with Gasteiger partial charge in [0.2, 0.25) is 0 Å². The summed E-state index contributed by atoms with van der Waals surface area (Å²) in [5, 5.41) is 1.22. The molecule has 134 valence electrons. The third-order valence-electron chi connectivity index (χ3n) is 5.13. The van der Waals surface area contributed by atoms with Gasteiger partial charge in [0.1, 0.15) is 5.01 Å². The lowest BCUT2D eigenvalue weighted by Crippen LogP contribution is -2.36. The van der Waals surface area contributed by atoms with Crippen LogP contribution in [0.3, 0.4) is 0 Å². The van der Waals surface area contributed by atoms with Gasteiger partial charge in [0, 0.05) is 24.7 Å². The molecule has 1 fully saturated rings. The van der Waals surface area contributed by atoms with E-state index in [9.17, 15) is 4.79 Å². The molecule has 0 aromatic carbocycles. The molecule has 0 amide bonds. The third-order valence-corrected chi connectivity index (χ3v) is 6.19. The Morgan fingerprint density at radius 1 is 1.36 bits per heavy atom. The van der Waals surface area contributed by atoms with Crippen LogP contribution in [0.4, 0.5) is 0 Å². The van der Waals surface area contributed by atoms with Crippen LogP contribution in [0.2, 0.25) is 0 Å². The molecule has 1 saturated heterocycles. The predicted molar refractivity (Wildman–Crippen MR) is 96.7 cm³/mol. The van der Waals surface area contributed by atoms with Crippen LogP contribution < -0.4 is 5.56 Å². The summed E-state index contributed by atoms with van der Waals surface area (Å²) in [6.45, 7) is 7.22. The molecule has 25 heavy (non-hydrogen) atoms. The molecule has 0 unspecified atom stereocenters. The van der Waals surface area contributed by atoms with Crippen LogP contribution in [0.5, 0.6) is 0 Å². The smallest absolute Gasteiger partial charge is 0.256 e. The number of aromatic nitrogens is 3. The SMILES string of the molecule is Cc1cncn(CC2CCN(Cc3nc4c(s3)COCC4)CC2)c1=O. The monoisotopic (exact) mass is 360 g/mol. The van der Waals surface area contributed by atoms with E-state index in [2.05, 4.69) is 9.88 Å². The Labute approximate surface area is 151 Å². The number of fused-ring (bicyclic) bond motifs is 1. The van der Waals surface area contributed by atoms with E-state index in [-0.39, 0.29) is 5.56 Å². The molecule has 2 aromatic heterocycles. The van der Waals surface area contributed by atoms with Crippen molar-refractivity contribution in [2.45, 2.75) is 45.9 Å². The number of nitrogens with zero attached hydrogens (tertiary/aromatic N) is 4. The summed E-state index contributed by atoms with van der Waals surface area (Å²) in [6, 6.07) is 0. The van der Waals surface area contributed by atoms with Crippen molar-refractivity contribution >= 4 is 11.3 Å². The summed E-state index contributed by atoms with van der Waals surface area (Å²) in [7, 11) is 0. The van der Waals surface area contributed by atoms with Crippen molar-refractivity contribution in [3.8, 4) is 0 Å². The van der Waals surface area contributed by atoms with Crippen molar-refractivity contribution in [3.05, 3.63) is 44.0 Å². The highest BCUT2D eigenvalue weighted by atomic mass is 32.1. The second-order valence-corrected chi connectivity index (χ2v) is 8.20. The van der Waals surface area contributed by atoms with Gasteiger partial charge in [-0.2, -0.15) is 0 Å². The first-order valence-corrected chi connectivity index (χ1v) is 9.79. The molecule has 0 aliphatic carbocycles. The second-order valence-electron chi connectivity index (χ2n) is 7.03. The Bertz CT molecular complexity index is 769. The van der Waals surface area contributed by atoms with Crippen LogP contribution in [-0.4, -0.2) is 39.1 Å². The molecule has 2 aromatic rings. The van der Waals surface area contributed by atoms with Gasteiger partial charge in [0.05, 0.1) is 36.7 Å². The third kappa shape index (κ3) is 3.83. The molecule has 6 nitrogen and oxygen atoms in total. The van der Waals surface area contributed by atoms with Crippen molar-refractivity contribution in [1.29, 1.82) is 0 Å². The van der Waals surface area contributed by atoms with E-state index in [4.69, 9.17) is 9.72 Å². The minimum Gasteiger partial charge on any atom is -0.375 e. The van der Waals surface area contributed by atoms with Crippen LogP contribution in [0.1, 0.15) is 34.0 Å². The molecule has 0 saturated carbocycles. The number of hydrogen-bond acceptors (Lipinski definition) is 6. The number of rotatable bonds is 4. The molecule has 0 N–H and O–H groups in total. The zero-order valence-corrected chi connectivity index (χ0v) is 15.4. The molecule has 2 aliphatic rings. The average Bonchev–Trinajstić information content (AvgIpc) is 3.03. The number of likely N-dealkylation sites (tertiary alicyclic amines) is 1. The highest BCUT2D eigenvalue weighted by molar-refractivity contribution is 7.11. The average molecular weight is 360 g/mol. The largest absolute Gasteiger partial charge is 0.375 e. The van der Waals surface area contributed by atoms with Crippen molar-refractivity contribution < 1.29 is 4.74 Å². The van der Waals surface area contributed by atoms with Gasteiger partial charge in [-0.05, 0) is 38.8 Å². The fourth-order valence-corrected chi connectivity index (χ4v) is 4.73. The van der Waals surface area contributed by atoms with Gasteiger partial charge >= 0.3 is 0 Å². The summed E-state index contributed by atoms with van der Waals surface area (Å²) in [6.07, 6.45) is 6.50. The molecule has 0 bridgehead atoms. The topological polar surface area (TPSA) is 60.3 Å². The van der Waals surface area contributed by atoms with Crippen LogP contribution in [0.15, 0.2) is 17.3 Å². The molecule has 7 heteroatoms. The van der Waals surface area contributed by atoms with Gasteiger partial charge in [-0.15, -0.1) is 11.3 Å². The highest BCUT2D eigenvalue weighted by Gasteiger charge is 2.22. The van der Waals surface area contributed by atoms with E-state index < -0.39 is 0 Å². The van der Waals surface area contributed by atoms with Crippen LogP contribution in [0.25, 0.3) is 0 Å². The van der Waals surface area contributed by atoms with Crippen molar-refractivity contribution in [3.63, 3.8) is 0 Å². The van der Waals surface area contributed by atoms with E-state index in [1.807, 2.05) is 6.92 Å². The minimum absolute atomic E-state index is 0.0908. The van der Waals surface area contributed by atoms with Gasteiger partial charge in [-0.3, -0.25) is 14.3 Å². The van der Waals surface area contributed by atoms with Crippen LogP contribution in [-0.2, 0) is 30.9 Å². The summed E-state index contributed by atoms with van der Waals surface area (Å²) < 4.78 is 7.28. The van der Waals surface area contributed by atoms with E-state index in [1.165, 1.54) is 15.6 Å². The first kappa shape index (κ1) is 16.9. The van der Waals surface area contributed by atoms with E-state index in [0.29, 0.717) is 5.92 Å². The summed E-state index contributed by atoms with van der Waals surface area (Å²) in [5.41, 5.74) is 2.05. The van der Waals surface area contributed by atoms with Crippen molar-refractivity contribution in [2.75, 3.05) is 19.7 Å². The number of hydrogen-bond donors (Lipinski definition) is 0. The Morgan fingerprint density at radius 2 is 2.20 bits per heavy atom. The van der Waals surface area contributed by atoms with Gasteiger partial charge < -0.3 is 4.74 Å². The standard InChI is InChI=1S/C18H24N4O2S/c1-13-8-19-12-22(18(13)23)9-14-2-5-21(6-3-14)10-17-20-15-4-7-24-11-16(15)25-17/h8,12,14H,2-7,9-11H2,1H3. The van der Waals surface area contributed by atoms with Crippen LogP contribution >= 0.6 is 11.3 Å². The van der Waals surface area contributed by atoms with Crippen LogP contribution in [0, 0.1) is 12.8 Å². The lowest BCUT2D eigenvalue weighted by Gasteiger charge is -2.31. The number of thiazole rings is 1. The quantitative estimate of drug-likeness (QED) is 0.835. The molecular formula is C18H24N4O2S. The molecular weight excluding hydrogens is 336 g/mol. The molecule has 0 atom stereocenters. The molecule has 0 radical (unpaired) electrons. The first-order valence-electron chi connectivity index (χ1n) is 8.97. The maximum Gasteiger partial charge on any atom is 0.256 e. The highest BCUT2D eigenvalue weighted by Crippen LogP contribution is 2.26. The minimum atomic E-state index is 0.0908. The Morgan fingerprint density at radius 3 is 3.00 bits per heavy atom. The fourth-order valence-electron chi connectivity index (χ4n) is 3.63. The summed E-state index contributed by atoms with van der Waals surface area (Å²) >= 11 is 1.80. The summed E-state index contributed by atoms with van der Waals surface area (Å²) in [5.74, 6) is 0.551. The number of piperidine rings is 1. The Hall–Kier alpha value is -1.57. The maximum atomic E-state index is 12.1. The molecule has 4 rings (SSSR count). The molecule has 0 spiro atoms. The number of ether oxygens (including phenoxy) is 1. The van der Waals surface area contributed by atoms with E-state index in [0.717, 1.165) is 64.2 Å². The van der Waals surface area contributed by atoms with Gasteiger partial charge in [0.15, 0.2) is 0 Å². The molecule has 2 aliphatic heterocycles.